The summed E-state index contributed by atoms with van der Waals surface area (Å²) in [5.41, 5.74) is 1.68. The second-order valence-electron chi connectivity index (χ2n) is 5.10. The summed E-state index contributed by atoms with van der Waals surface area (Å²) < 4.78 is 10.9. The average molecular weight is 269 g/mol. The molecule has 0 radical (unpaired) electrons. The summed E-state index contributed by atoms with van der Waals surface area (Å²) in [5.74, 6) is 0. The minimum absolute atomic E-state index is 0.245. The van der Waals surface area contributed by atoms with Crippen molar-refractivity contribution >= 4 is 11.3 Å². The van der Waals surface area contributed by atoms with Crippen molar-refractivity contribution in [2.24, 2.45) is 5.41 Å². The molecule has 0 aliphatic carbocycles. The third kappa shape index (κ3) is 3.32. The highest BCUT2D eigenvalue weighted by Gasteiger charge is 2.41. The van der Waals surface area contributed by atoms with Crippen LogP contribution in [-0.2, 0) is 15.9 Å². The summed E-state index contributed by atoms with van der Waals surface area (Å²) in [7, 11) is 1.74. The molecule has 2 unspecified atom stereocenters. The standard InChI is InChI=1S/C14H23NO2S/c1-12-14(4-6-17-12,11-15-5-7-16-2)9-13-3-8-18-10-13/h3,8,10,12,15H,4-7,9,11H2,1-2H3. The van der Waals surface area contributed by atoms with E-state index in [1.165, 1.54) is 5.56 Å². The molecule has 4 heteroatoms. The summed E-state index contributed by atoms with van der Waals surface area (Å²) in [6, 6.07) is 2.23. The molecule has 0 bridgehead atoms. The molecule has 1 aliphatic heterocycles. The van der Waals surface area contributed by atoms with Gasteiger partial charge in [0.15, 0.2) is 0 Å². The van der Waals surface area contributed by atoms with Crippen LogP contribution in [0.5, 0.6) is 0 Å². The van der Waals surface area contributed by atoms with Crippen molar-refractivity contribution in [3.63, 3.8) is 0 Å². The number of hydrogen-bond acceptors (Lipinski definition) is 4. The van der Waals surface area contributed by atoms with E-state index in [9.17, 15) is 0 Å². The van der Waals surface area contributed by atoms with Crippen LogP contribution in [0.25, 0.3) is 0 Å². The predicted molar refractivity (Wildman–Crippen MR) is 75.2 cm³/mol. The highest BCUT2D eigenvalue weighted by molar-refractivity contribution is 7.07. The molecule has 3 nitrogen and oxygen atoms in total. The maximum atomic E-state index is 5.81. The van der Waals surface area contributed by atoms with E-state index < -0.39 is 0 Å². The van der Waals surface area contributed by atoms with Crippen LogP contribution in [0.15, 0.2) is 16.8 Å². The Bertz CT molecular complexity index is 342. The van der Waals surface area contributed by atoms with Crippen LogP contribution < -0.4 is 5.32 Å². The van der Waals surface area contributed by atoms with Gasteiger partial charge in [0.25, 0.3) is 0 Å². The molecular weight excluding hydrogens is 246 g/mol. The van der Waals surface area contributed by atoms with Gasteiger partial charge in [-0.3, -0.25) is 0 Å². The quantitative estimate of drug-likeness (QED) is 0.771. The highest BCUT2D eigenvalue weighted by atomic mass is 32.1. The fourth-order valence-corrected chi connectivity index (χ4v) is 3.33. The molecule has 0 saturated carbocycles. The Morgan fingerprint density at radius 1 is 1.61 bits per heavy atom. The second-order valence-corrected chi connectivity index (χ2v) is 5.88. The van der Waals surface area contributed by atoms with E-state index in [0.717, 1.165) is 39.1 Å². The molecule has 2 atom stereocenters. The normalized spacial score (nSPS) is 27.8. The number of hydrogen-bond donors (Lipinski definition) is 1. The third-order valence-corrected chi connectivity index (χ3v) is 4.66. The lowest BCUT2D eigenvalue weighted by Crippen LogP contribution is -2.42. The molecule has 1 aromatic rings. The lowest BCUT2D eigenvalue weighted by Gasteiger charge is -2.32. The molecule has 1 saturated heterocycles. The Labute approximate surface area is 113 Å². The molecule has 0 aromatic carbocycles. The van der Waals surface area contributed by atoms with E-state index in [4.69, 9.17) is 9.47 Å². The van der Waals surface area contributed by atoms with Gasteiger partial charge in [-0.15, -0.1) is 0 Å². The molecule has 1 aromatic heterocycles. The van der Waals surface area contributed by atoms with Crippen LogP contribution in [0.3, 0.4) is 0 Å². The molecule has 2 rings (SSSR count). The van der Waals surface area contributed by atoms with E-state index >= 15 is 0 Å². The van der Waals surface area contributed by atoms with E-state index in [1.807, 2.05) is 0 Å². The maximum absolute atomic E-state index is 5.81. The number of nitrogens with one attached hydrogen (secondary N) is 1. The number of thiophene rings is 1. The van der Waals surface area contributed by atoms with Crippen molar-refractivity contribution < 1.29 is 9.47 Å². The largest absolute Gasteiger partial charge is 0.383 e. The summed E-state index contributed by atoms with van der Waals surface area (Å²) in [6.45, 7) is 5.78. The van der Waals surface area contributed by atoms with Crippen molar-refractivity contribution in [1.29, 1.82) is 0 Å². The first kappa shape index (κ1) is 14.0. The van der Waals surface area contributed by atoms with Crippen molar-refractivity contribution in [2.45, 2.75) is 25.9 Å². The van der Waals surface area contributed by atoms with Crippen molar-refractivity contribution in [3.8, 4) is 0 Å². The van der Waals surface area contributed by atoms with Gasteiger partial charge in [0.1, 0.15) is 0 Å². The van der Waals surface area contributed by atoms with Crippen LogP contribution in [-0.4, -0.2) is 39.5 Å². The van der Waals surface area contributed by atoms with E-state index in [2.05, 4.69) is 29.1 Å². The van der Waals surface area contributed by atoms with Gasteiger partial charge in [-0.05, 0) is 42.2 Å². The molecule has 0 spiro atoms. The van der Waals surface area contributed by atoms with Crippen molar-refractivity contribution in [2.75, 3.05) is 33.4 Å². The van der Waals surface area contributed by atoms with Crippen LogP contribution in [0, 0.1) is 5.41 Å². The van der Waals surface area contributed by atoms with Crippen LogP contribution >= 0.6 is 11.3 Å². The van der Waals surface area contributed by atoms with Gasteiger partial charge in [0, 0.05) is 32.2 Å². The topological polar surface area (TPSA) is 30.5 Å². The van der Waals surface area contributed by atoms with E-state index in [0.29, 0.717) is 6.10 Å². The summed E-state index contributed by atoms with van der Waals surface area (Å²) in [5, 5.41) is 7.92. The van der Waals surface area contributed by atoms with Gasteiger partial charge >= 0.3 is 0 Å². The van der Waals surface area contributed by atoms with E-state index in [-0.39, 0.29) is 5.41 Å². The van der Waals surface area contributed by atoms with Crippen LogP contribution in [0.2, 0.25) is 0 Å². The van der Waals surface area contributed by atoms with Gasteiger partial charge in [-0.25, -0.2) is 0 Å². The number of rotatable bonds is 7. The molecule has 0 amide bonds. The van der Waals surface area contributed by atoms with Gasteiger partial charge < -0.3 is 14.8 Å². The molecule has 18 heavy (non-hydrogen) atoms. The first-order chi connectivity index (χ1) is 8.77. The van der Waals surface area contributed by atoms with Crippen molar-refractivity contribution in [3.05, 3.63) is 22.4 Å². The zero-order valence-electron chi connectivity index (χ0n) is 11.3. The molecule has 2 heterocycles. The lowest BCUT2D eigenvalue weighted by molar-refractivity contribution is 0.0620. The summed E-state index contributed by atoms with van der Waals surface area (Å²) >= 11 is 1.77. The summed E-state index contributed by atoms with van der Waals surface area (Å²) in [6.07, 6.45) is 2.58. The number of methoxy groups -OCH3 is 1. The highest BCUT2D eigenvalue weighted by Crippen LogP contribution is 2.38. The maximum Gasteiger partial charge on any atom is 0.0619 e. The monoisotopic (exact) mass is 269 g/mol. The fraction of sp³-hybridized carbons (Fsp3) is 0.714. The van der Waals surface area contributed by atoms with E-state index in [1.54, 1.807) is 18.4 Å². The Morgan fingerprint density at radius 2 is 2.50 bits per heavy atom. The Hall–Kier alpha value is -0.420. The average Bonchev–Trinajstić information content (AvgIpc) is 2.97. The van der Waals surface area contributed by atoms with Gasteiger partial charge in [0.05, 0.1) is 12.7 Å². The van der Waals surface area contributed by atoms with Crippen LogP contribution in [0.4, 0.5) is 0 Å². The Balaban J connectivity index is 1.95. The second kappa shape index (κ2) is 6.66. The number of ether oxygens (including phenoxy) is 2. The zero-order chi connectivity index (χ0) is 12.8. The molecule has 1 aliphatic rings. The SMILES string of the molecule is COCCNCC1(Cc2ccsc2)CCOC1C. The fourth-order valence-electron chi connectivity index (χ4n) is 2.66. The lowest BCUT2D eigenvalue weighted by atomic mass is 9.76. The van der Waals surface area contributed by atoms with Crippen LogP contribution in [0.1, 0.15) is 18.9 Å². The smallest absolute Gasteiger partial charge is 0.0619 e. The third-order valence-electron chi connectivity index (χ3n) is 3.93. The molecule has 1 N–H and O–H groups in total. The minimum atomic E-state index is 0.245. The molecule has 102 valence electrons. The summed E-state index contributed by atoms with van der Waals surface area (Å²) in [4.78, 5) is 0. The van der Waals surface area contributed by atoms with Crippen molar-refractivity contribution in [1.82, 2.24) is 5.32 Å². The predicted octanol–water partition coefficient (Wildman–Crippen LogP) is 2.32. The molecular formula is C14H23NO2S. The Kier molecular flexibility index (Phi) is 5.18. The molecule has 1 fully saturated rings. The van der Waals surface area contributed by atoms with Gasteiger partial charge in [-0.1, -0.05) is 0 Å². The van der Waals surface area contributed by atoms with Gasteiger partial charge in [0.2, 0.25) is 0 Å². The van der Waals surface area contributed by atoms with Gasteiger partial charge in [-0.2, -0.15) is 11.3 Å². The first-order valence-electron chi connectivity index (χ1n) is 6.59. The zero-order valence-corrected chi connectivity index (χ0v) is 12.1. The minimum Gasteiger partial charge on any atom is -0.383 e. The Morgan fingerprint density at radius 3 is 3.11 bits per heavy atom. The first-order valence-corrected chi connectivity index (χ1v) is 7.53.